The van der Waals surface area contributed by atoms with Crippen LogP contribution in [0.5, 0.6) is 0 Å². The van der Waals surface area contributed by atoms with E-state index in [4.69, 9.17) is 0 Å². The van der Waals surface area contributed by atoms with Gasteiger partial charge in [-0.15, -0.1) is 0 Å². The molecule has 0 aromatic heterocycles. The lowest BCUT2D eigenvalue weighted by molar-refractivity contribution is -0.407. The molecule has 0 N–H and O–H groups in total. The lowest BCUT2D eigenvalue weighted by Gasteiger charge is -2.22. The molecule has 12 heteroatoms. The van der Waals surface area contributed by atoms with Crippen molar-refractivity contribution in [1.82, 2.24) is 0 Å². The first-order chi connectivity index (χ1) is 7.79. The van der Waals surface area contributed by atoms with Crippen molar-refractivity contribution in [3.8, 4) is 0 Å². The topological polar surface area (TPSA) is 18.5 Å². The first-order valence-electron chi connectivity index (χ1n) is 3.86. The molecule has 0 aromatic rings. The number of halogens is 10. The molecular weight excluding hydrogens is 294 g/mol. The standard InChI is InChI=1S/C6H4F10O2/c7-2(18-4(10,11)3(8)9)1-17-6(15,16)5(12,13)14/h2-3H,1H2. The van der Waals surface area contributed by atoms with E-state index < -0.39 is 37.8 Å². The zero-order valence-electron chi connectivity index (χ0n) is 7.96. The lowest BCUT2D eigenvalue weighted by Crippen LogP contribution is -2.42. The van der Waals surface area contributed by atoms with Crippen molar-refractivity contribution in [3.05, 3.63) is 0 Å². The van der Waals surface area contributed by atoms with Crippen molar-refractivity contribution in [2.75, 3.05) is 6.61 Å². The van der Waals surface area contributed by atoms with Crippen LogP contribution < -0.4 is 0 Å². The molecular formula is C6H4F10O2. The summed E-state index contributed by atoms with van der Waals surface area (Å²) in [5, 5.41) is 0. The Morgan fingerprint density at radius 1 is 0.833 bits per heavy atom. The van der Waals surface area contributed by atoms with Crippen LogP contribution in [0.1, 0.15) is 0 Å². The Morgan fingerprint density at radius 3 is 1.61 bits per heavy atom. The summed E-state index contributed by atoms with van der Waals surface area (Å²) in [6.07, 6.45) is -25.4. The highest BCUT2D eigenvalue weighted by Gasteiger charge is 2.60. The van der Waals surface area contributed by atoms with Crippen LogP contribution in [0.15, 0.2) is 0 Å². The molecule has 0 aliphatic carbocycles. The van der Waals surface area contributed by atoms with Gasteiger partial charge in [0.1, 0.15) is 6.61 Å². The summed E-state index contributed by atoms with van der Waals surface area (Å²) >= 11 is 0. The third-order valence-corrected chi connectivity index (χ3v) is 1.26. The summed E-state index contributed by atoms with van der Waals surface area (Å²) in [4.78, 5) is 0. The van der Waals surface area contributed by atoms with Gasteiger partial charge in [-0.25, -0.2) is 13.2 Å². The van der Waals surface area contributed by atoms with Gasteiger partial charge < -0.3 is 4.74 Å². The van der Waals surface area contributed by atoms with Crippen molar-refractivity contribution >= 4 is 0 Å². The predicted molar refractivity (Wildman–Crippen MR) is 33.9 cm³/mol. The van der Waals surface area contributed by atoms with E-state index in [1.807, 2.05) is 0 Å². The highest BCUT2D eigenvalue weighted by molar-refractivity contribution is 4.65. The van der Waals surface area contributed by atoms with Crippen LogP contribution in [0.2, 0.25) is 0 Å². The molecule has 1 atom stereocenters. The molecule has 0 fully saturated rings. The van der Waals surface area contributed by atoms with Crippen LogP contribution in [-0.4, -0.2) is 37.8 Å². The Morgan fingerprint density at radius 2 is 1.28 bits per heavy atom. The van der Waals surface area contributed by atoms with E-state index in [2.05, 4.69) is 9.47 Å². The highest BCUT2D eigenvalue weighted by atomic mass is 19.4. The second kappa shape index (κ2) is 5.47. The van der Waals surface area contributed by atoms with E-state index in [1.165, 1.54) is 0 Å². The number of hydrogen-bond donors (Lipinski definition) is 0. The predicted octanol–water partition coefficient (Wildman–Crippen LogP) is 3.33. The van der Waals surface area contributed by atoms with Crippen molar-refractivity contribution in [1.29, 1.82) is 0 Å². The third-order valence-electron chi connectivity index (χ3n) is 1.26. The maximum absolute atomic E-state index is 12.3. The van der Waals surface area contributed by atoms with Gasteiger partial charge in [-0.2, -0.15) is 30.7 Å². The molecule has 0 aliphatic heterocycles. The van der Waals surface area contributed by atoms with Crippen molar-refractivity contribution < 1.29 is 53.4 Å². The molecule has 110 valence electrons. The van der Waals surface area contributed by atoms with Gasteiger partial charge >= 0.3 is 24.8 Å². The monoisotopic (exact) mass is 298 g/mol. The smallest absolute Gasteiger partial charge is 0.308 e. The molecule has 0 amide bonds. The zero-order valence-corrected chi connectivity index (χ0v) is 7.96. The van der Waals surface area contributed by atoms with Gasteiger partial charge in [0.15, 0.2) is 0 Å². The Labute approximate surface area is 92.4 Å². The summed E-state index contributed by atoms with van der Waals surface area (Å²) in [7, 11) is 0. The molecule has 0 bridgehead atoms. The Balaban J connectivity index is 4.33. The summed E-state index contributed by atoms with van der Waals surface area (Å²) < 4.78 is 123. The Kier molecular flexibility index (Phi) is 5.23. The van der Waals surface area contributed by atoms with E-state index in [9.17, 15) is 43.9 Å². The van der Waals surface area contributed by atoms with Gasteiger partial charge in [-0.05, 0) is 0 Å². The number of ether oxygens (including phenoxy) is 2. The minimum atomic E-state index is -6.21. The van der Waals surface area contributed by atoms with E-state index in [0.29, 0.717) is 0 Å². The fraction of sp³-hybridized carbons (Fsp3) is 1.00. The van der Waals surface area contributed by atoms with Crippen LogP contribution in [0.4, 0.5) is 43.9 Å². The molecule has 0 aromatic carbocycles. The maximum Gasteiger partial charge on any atom is 0.482 e. The van der Waals surface area contributed by atoms with Crippen molar-refractivity contribution in [3.63, 3.8) is 0 Å². The lowest BCUT2D eigenvalue weighted by atomic mass is 10.6. The van der Waals surface area contributed by atoms with Crippen molar-refractivity contribution in [2.45, 2.75) is 31.2 Å². The van der Waals surface area contributed by atoms with Crippen LogP contribution in [0, 0.1) is 0 Å². The molecule has 2 nitrogen and oxygen atoms in total. The number of hydrogen-bond acceptors (Lipinski definition) is 2. The first kappa shape index (κ1) is 17.2. The Bertz CT molecular complexity index is 262. The SMILES string of the molecule is FC(COC(F)(F)C(F)(F)F)OC(F)(F)C(F)F. The minimum Gasteiger partial charge on any atom is -0.308 e. The average molecular weight is 298 g/mol. The highest BCUT2D eigenvalue weighted by Crippen LogP contribution is 2.36. The van der Waals surface area contributed by atoms with Gasteiger partial charge in [-0.1, -0.05) is 0 Å². The largest absolute Gasteiger partial charge is 0.482 e. The van der Waals surface area contributed by atoms with Gasteiger partial charge in [0.25, 0.3) is 0 Å². The normalized spacial score (nSPS) is 16.2. The molecule has 0 aliphatic rings. The zero-order chi connectivity index (χ0) is 14.8. The molecule has 18 heavy (non-hydrogen) atoms. The second-order valence-electron chi connectivity index (χ2n) is 2.72. The van der Waals surface area contributed by atoms with E-state index in [1.54, 1.807) is 0 Å². The van der Waals surface area contributed by atoms with Crippen LogP contribution in [0.3, 0.4) is 0 Å². The molecule has 0 saturated heterocycles. The first-order valence-corrected chi connectivity index (χ1v) is 3.86. The quantitative estimate of drug-likeness (QED) is 0.700. The van der Waals surface area contributed by atoms with E-state index >= 15 is 0 Å². The second-order valence-corrected chi connectivity index (χ2v) is 2.72. The fourth-order valence-electron chi connectivity index (χ4n) is 0.508. The van der Waals surface area contributed by atoms with Gasteiger partial charge in [0, 0.05) is 0 Å². The summed E-state index contributed by atoms with van der Waals surface area (Å²) in [5.74, 6) is 0. The molecule has 0 saturated carbocycles. The van der Waals surface area contributed by atoms with E-state index in [0.717, 1.165) is 0 Å². The number of rotatable bonds is 6. The van der Waals surface area contributed by atoms with E-state index in [-0.39, 0.29) is 0 Å². The average Bonchev–Trinajstić information content (AvgIpc) is 2.12. The fourth-order valence-corrected chi connectivity index (χ4v) is 0.508. The third kappa shape index (κ3) is 4.84. The Hall–Kier alpha value is -0.780. The summed E-state index contributed by atoms with van der Waals surface area (Å²) in [6, 6.07) is 0. The number of alkyl halides is 10. The molecule has 0 rings (SSSR count). The minimum absolute atomic E-state index is 2.31. The van der Waals surface area contributed by atoms with Crippen LogP contribution >= 0.6 is 0 Å². The van der Waals surface area contributed by atoms with Gasteiger partial charge in [0.05, 0.1) is 0 Å². The van der Waals surface area contributed by atoms with Gasteiger partial charge in [0.2, 0.25) is 6.36 Å². The molecule has 0 heterocycles. The summed E-state index contributed by atoms with van der Waals surface area (Å²) in [5.41, 5.74) is 0. The maximum atomic E-state index is 12.3. The molecule has 1 unspecified atom stereocenters. The molecule has 0 spiro atoms. The van der Waals surface area contributed by atoms with Crippen molar-refractivity contribution in [2.24, 2.45) is 0 Å². The van der Waals surface area contributed by atoms with Gasteiger partial charge in [-0.3, -0.25) is 4.74 Å². The summed E-state index contributed by atoms with van der Waals surface area (Å²) in [6.45, 7) is -2.31. The van der Waals surface area contributed by atoms with Crippen LogP contribution in [0.25, 0.3) is 0 Å². The van der Waals surface area contributed by atoms with Crippen LogP contribution in [-0.2, 0) is 9.47 Å². The molecule has 0 radical (unpaired) electrons.